The van der Waals surface area contributed by atoms with E-state index in [0.29, 0.717) is 142 Å². The fourth-order valence-electron chi connectivity index (χ4n) is 13.0. The molecule has 112 heavy (non-hydrogen) atoms. The Morgan fingerprint density at radius 1 is 0.616 bits per heavy atom. The number of nitrogens with zero attached hydrogens (tertiary/aromatic N) is 5. The first-order valence-corrected chi connectivity index (χ1v) is 39.7. The lowest BCUT2D eigenvalue weighted by Gasteiger charge is -2.26. The summed E-state index contributed by atoms with van der Waals surface area (Å²) in [6.45, 7) is 13.0. The number of carbonyl (C=O) groups excluding carboxylic acids is 9. The Kier molecular flexibility index (Phi) is 33.4. The summed E-state index contributed by atoms with van der Waals surface area (Å²) < 4.78 is 68.4. The van der Waals surface area contributed by atoms with Gasteiger partial charge < -0.3 is 93.4 Å². The van der Waals surface area contributed by atoms with E-state index in [1.54, 1.807) is 80.6 Å². The molecule has 10 amide bonds. The fourth-order valence-corrected chi connectivity index (χ4v) is 13.9. The summed E-state index contributed by atoms with van der Waals surface area (Å²) in [6.07, 6.45) is 2.15. The first kappa shape index (κ1) is 86.7. The monoisotopic (exact) mass is 1610 g/mol. The molecule has 0 aliphatic carbocycles. The van der Waals surface area contributed by atoms with Gasteiger partial charge in [0.15, 0.2) is 11.5 Å². The number of hydrogen-bond acceptors (Lipinski definition) is 21. The summed E-state index contributed by atoms with van der Waals surface area (Å²) in [4.78, 5) is 146. The Morgan fingerprint density at radius 2 is 1.10 bits per heavy atom. The summed E-state index contributed by atoms with van der Waals surface area (Å²) >= 11 is 13.1. The minimum absolute atomic E-state index is 0.0457. The molecule has 32 nitrogen and oxygen atoms in total. The number of halogens is 2. The van der Waals surface area contributed by atoms with Crippen molar-refractivity contribution in [2.45, 2.75) is 77.5 Å². The van der Waals surface area contributed by atoms with E-state index in [1.165, 1.54) is 50.0 Å². The maximum atomic E-state index is 14.7. The average molecular weight is 1620 g/mol. The molecule has 1 aromatic heterocycles. The zero-order chi connectivity index (χ0) is 80.3. The van der Waals surface area contributed by atoms with Crippen LogP contribution in [0.15, 0.2) is 114 Å². The molecule has 0 bridgehead atoms. The molecule has 3 aliphatic rings. The highest BCUT2D eigenvalue weighted by atomic mass is 35.5. The smallest absolute Gasteiger partial charge is 0.446 e. The van der Waals surface area contributed by atoms with E-state index < -0.39 is 61.8 Å². The van der Waals surface area contributed by atoms with E-state index >= 15 is 0 Å². The molecule has 9 rings (SSSR count). The number of amides is 10. The van der Waals surface area contributed by atoms with Crippen LogP contribution in [0.1, 0.15) is 96.6 Å². The van der Waals surface area contributed by atoms with Crippen molar-refractivity contribution in [3.05, 3.63) is 137 Å². The largest absolute Gasteiger partial charge is 0.524 e. The predicted octanol–water partition coefficient (Wildman–Crippen LogP) is 8.40. The SMILES string of the molecule is CCN(CCN(CC)C(=O)Oc1cc2c(c3ccccc13)C(CCl)CN2C(=O)c1ccc(C(=O)N2CC(CCl)c3c2cc(OP(=O)(O)O)c2ccccc32)o1)C(=O)OCc1ccc(NC(=O)C(CCCNC(N)=O)NC(=O)C(NCCCOCCOCCOCCOCCOCCOCCN2C(=O)C=CC2=O)C(C)C)cc1. The van der Waals surface area contributed by atoms with Crippen LogP contribution in [-0.2, 0) is 63.5 Å². The van der Waals surface area contributed by atoms with Crippen LogP contribution in [0.25, 0.3) is 21.5 Å². The van der Waals surface area contributed by atoms with Gasteiger partial charge in [0.25, 0.3) is 23.6 Å². The highest BCUT2D eigenvalue weighted by Crippen LogP contribution is 2.50. The number of furan rings is 1. The number of phosphoric acid groups is 1. The normalized spacial score (nSPS) is 15.1. The Hall–Kier alpha value is -9.28. The molecule has 35 heteroatoms. The lowest BCUT2D eigenvalue weighted by molar-refractivity contribution is -0.137. The van der Waals surface area contributed by atoms with Crippen molar-refractivity contribution < 1.29 is 104 Å². The minimum Gasteiger partial charge on any atom is -0.446 e. The minimum atomic E-state index is -5.03. The van der Waals surface area contributed by atoms with Gasteiger partial charge in [-0.15, -0.1) is 23.2 Å². The van der Waals surface area contributed by atoms with Crippen LogP contribution in [0.5, 0.6) is 11.5 Å². The summed E-state index contributed by atoms with van der Waals surface area (Å²) in [7, 11) is -5.03. The number of anilines is 3. The Morgan fingerprint density at radius 3 is 1.59 bits per heavy atom. The number of rotatable bonds is 46. The number of carbonyl (C=O) groups is 9. The Labute approximate surface area is 658 Å². The topological polar surface area (TPSA) is 398 Å². The maximum absolute atomic E-state index is 14.7. The van der Waals surface area contributed by atoms with Crippen LogP contribution in [0.2, 0.25) is 0 Å². The van der Waals surface area contributed by atoms with E-state index in [-0.39, 0.29) is 136 Å². The summed E-state index contributed by atoms with van der Waals surface area (Å²) in [5.74, 6) is -3.89. The van der Waals surface area contributed by atoms with Crippen LogP contribution in [0.4, 0.5) is 31.4 Å². The van der Waals surface area contributed by atoms with Crippen molar-refractivity contribution in [3.63, 3.8) is 0 Å². The van der Waals surface area contributed by atoms with Crippen molar-refractivity contribution in [3.8, 4) is 11.5 Å². The standard InChI is InChI=1S/C77H97Cl2N10O22P/c1-5-85(28-29-86(6-2)77(98)110-64-43-60-68(57-15-9-7-13-55(57)64)52(45-78)47-88(60)73(94)62-22-23-63(109-62)74(95)89-48-53(46-79)69-58-16-10-8-14-56(58)65(44-61(69)89)111-112(99,100)101)76(97)108-49-51-18-20-54(21-19-51)83-71(92)59(17-11-26-82-75(80)96)84-72(93)70(50(3)4)81-27-12-31-102-33-35-104-37-39-106-41-42-107-40-38-105-36-34-103-32-30-87-66(90)24-25-67(87)91/h7-10,13-16,18-25,43-44,50,52-53,59,70,81H,5-6,11-12,17,26-42,45-49H2,1-4H3,(H,83,92)(H,84,93)(H3,80,82,96)(H2,99,100,101). The molecule has 6 aromatic rings. The molecule has 4 unspecified atom stereocenters. The molecule has 4 heterocycles. The van der Waals surface area contributed by atoms with Gasteiger partial charge in [0.1, 0.15) is 24.1 Å². The third-order valence-corrected chi connectivity index (χ3v) is 19.8. The molecule has 0 saturated carbocycles. The van der Waals surface area contributed by atoms with E-state index in [1.807, 2.05) is 26.0 Å². The molecule has 0 saturated heterocycles. The summed E-state index contributed by atoms with van der Waals surface area (Å²) in [5, 5.41) is 13.8. The average Bonchev–Trinajstić information content (AvgIpc) is 1.58. The van der Waals surface area contributed by atoms with Crippen LogP contribution in [0.3, 0.4) is 0 Å². The van der Waals surface area contributed by atoms with Crippen molar-refractivity contribution >= 4 is 123 Å². The number of likely N-dealkylation sites (N-methyl/N-ethyl adjacent to an activating group) is 2. The third-order valence-electron chi connectivity index (χ3n) is 18.7. The highest BCUT2D eigenvalue weighted by molar-refractivity contribution is 7.46. The molecule has 8 N–H and O–H groups in total. The van der Waals surface area contributed by atoms with Crippen LogP contribution in [0, 0.1) is 5.92 Å². The molecule has 3 aliphatic heterocycles. The van der Waals surface area contributed by atoms with Gasteiger partial charge in [0.2, 0.25) is 11.8 Å². The lowest BCUT2D eigenvalue weighted by atomic mass is 9.95. The predicted molar refractivity (Wildman–Crippen MR) is 416 cm³/mol. The molecule has 606 valence electrons. The van der Waals surface area contributed by atoms with Crippen molar-refractivity contribution in [2.24, 2.45) is 11.7 Å². The fraction of sp³-hybridized carbons (Fsp3) is 0.468. The second-order valence-electron chi connectivity index (χ2n) is 26.6. The number of nitrogens with one attached hydrogen (secondary N) is 4. The Bertz CT molecular complexity index is 4300. The lowest BCUT2D eigenvalue weighted by Crippen LogP contribution is -2.53. The second kappa shape index (κ2) is 43.1. The van der Waals surface area contributed by atoms with Crippen molar-refractivity contribution in [1.82, 2.24) is 30.7 Å². The van der Waals surface area contributed by atoms with Crippen LogP contribution < -0.4 is 46.1 Å². The first-order valence-electron chi connectivity index (χ1n) is 37.1. The van der Waals surface area contributed by atoms with E-state index in [9.17, 15) is 57.5 Å². The molecule has 0 fully saturated rings. The van der Waals surface area contributed by atoms with Gasteiger partial charge in [-0.25, -0.2) is 18.9 Å². The van der Waals surface area contributed by atoms with Gasteiger partial charge >= 0.3 is 26.0 Å². The maximum Gasteiger partial charge on any atom is 0.524 e. The molecule has 0 radical (unpaired) electrons. The van der Waals surface area contributed by atoms with Gasteiger partial charge in [-0.1, -0.05) is 74.5 Å². The molecule has 4 atom stereocenters. The number of alkyl halides is 2. The first-order chi connectivity index (χ1) is 54.0. The van der Waals surface area contributed by atoms with E-state index in [4.69, 9.17) is 75.8 Å². The molecule has 0 spiro atoms. The van der Waals surface area contributed by atoms with Crippen molar-refractivity contribution in [1.29, 1.82) is 0 Å². The number of urea groups is 1. The molecule has 5 aromatic carbocycles. The quantitative estimate of drug-likeness (QED) is 0.00815. The zero-order valence-electron chi connectivity index (χ0n) is 62.9. The third kappa shape index (κ3) is 24.1. The number of fused-ring (bicyclic) bond motifs is 6. The summed E-state index contributed by atoms with van der Waals surface area (Å²) in [6, 6.07) is 24.1. The number of nitrogens with two attached hydrogens (primary N) is 1. The van der Waals surface area contributed by atoms with Gasteiger partial charge in [-0.2, -0.15) is 0 Å². The van der Waals surface area contributed by atoms with Gasteiger partial charge in [-0.05, 0) is 97.3 Å². The number of hydrogen-bond donors (Lipinski definition) is 7. The van der Waals surface area contributed by atoms with Crippen LogP contribution in [-0.4, -0.2) is 240 Å². The van der Waals surface area contributed by atoms with Gasteiger partial charge in [0, 0.05) is 117 Å². The second-order valence-corrected chi connectivity index (χ2v) is 28.4. The number of primary amides is 1. The number of imide groups is 1. The molecular formula is C77H97Cl2N10O22P. The summed E-state index contributed by atoms with van der Waals surface area (Å²) in [5.41, 5.74) is 8.40. The molecular weight excluding hydrogens is 1520 g/mol. The number of phosphoric ester groups is 1. The van der Waals surface area contributed by atoms with Crippen LogP contribution >= 0.6 is 31.0 Å². The van der Waals surface area contributed by atoms with E-state index in [2.05, 4.69) is 21.3 Å². The van der Waals surface area contributed by atoms with Gasteiger partial charge in [0.05, 0.1) is 96.6 Å². The number of ether oxygens (including phenoxy) is 8. The Balaban J connectivity index is 0.699. The van der Waals surface area contributed by atoms with Crippen molar-refractivity contribution in [2.75, 3.05) is 165 Å². The van der Waals surface area contributed by atoms with E-state index in [0.717, 1.165) is 10.5 Å². The van der Waals surface area contributed by atoms with Gasteiger partial charge in [-0.3, -0.25) is 43.5 Å². The zero-order valence-corrected chi connectivity index (χ0v) is 65.4. The highest BCUT2D eigenvalue weighted by Gasteiger charge is 2.40. The number of benzene rings is 5.